The van der Waals surface area contributed by atoms with Crippen molar-refractivity contribution in [3.8, 4) is 0 Å². The largest absolute Gasteiger partial charge is 1.00 e. The quantitative estimate of drug-likeness (QED) is 0.226. The third-order valence-electron chi connectivity index (χ3n) is 4.48. The van der Waals surface area contributed by atoms with E-state index in [1.807, 2.05) is 13.8 Å². The predicted octanol–water partition coefficient (Wildman–Crippen LogP) is -4.58. The van der Waals surface area contributed by atoms with Crippen LogP contribution in [-0.2, 0) is 20.9 Å². The fourth-order valence-corrected chi connectivity index (χ4v) is 6.82. The van der Waals surface area contributed by atoms with E-state index >= 15 is 0 Å². The first-order valence-electron chi connectivity index (χ1n) is 8.71. The Bertz CT molecular complexity index is 1030. The van der Waals surface area contributed by atoms with Crippen LogP contribution in [0.15, 0.2) is 21.9 Å². The molecule has 0 aliphatic carbocycles. The fraction of sp³-hybridized carbons (Fsp3) is 0.467. The topological polar surface area (TPSA) is 159 Å². The first kappa shape index (κ1) is 24.1. The van der Waals surface area contributed by atoms with Gasteiger partial charge in [0, 0.05) is 11.0 Å². The van der Waals surface area contributed by atoms with Crippen LogP contribution in [-0.4, -0.2) is 75.5 Å². The third kappa shape index (κ3) is 4.96. The fourth-order valence-electron chi connectivity index (χ4n) is 3.11. The van der Waals surface area contributed by atoms with Crippen LogP contribution in [0.4, 0.5) is 0 Å². The van der Waals surface area contributed by atoms with Gasteiger partial charge in [0.2, 0.25) is 5.91 Å². The first-order valence-corrected chi connectivity index (χ1v) is 11.5. The van der Waals surface area contributed by atoms with E-state index in [-0.39, 0.29) is 47.0 Å². The second kappa shape index (κ2) is 9.95. The van der Waals surface area contributed by atoms with Crippen LogP contribution >= 0.6 is 34.9 Å². The number of rotatable bonds is 7. The molecule has 158 valence electrons. The van der Waals surface area contributed by atoms with E-state index in [2.05, 4.69) is 31.0 Å². The number of hydrogen-bond acceptors (Lipinski definition) is 12. The maximum absolute atomic E-state index is 12.7. The first-order chi connectivity index (χ1) is 14.3. The second-order valence-electron chi connectivity index (χ2n) is 6.47. The van der Waals surface area contributed by atoms with Gasteiger partial charge >= 0.3 is 29.6 Å². The molecule has 2 aromatic heterocycles. The van der Waals surface area contributed by atoms with E-state index in [1.165, 1.54) is 50.8 Å². The van der Waals surface area contributed by atoms with Crippen LogP contribution in [0.25, 0.3) is 0 Å². The molecule has 0 bridgehead atoms. The molecule has 1 saturated heterocycles. The van der Waals surface area contributed by atoms with Crippen LogP contribution < -0.4 is 40.0 Å². The van der Waals surface area contributed by atoms with E-state index in [0.717, 1.165) is 9.35 Å². The summed E-state index contributed by atoms with van der Waals surface area (Å²) in [4.78, 5) is 37.9. The van der Waals surface area contributed by atoms with Gasteiger partial charge < -0.3 is 15.2 Å². The number of amides is 2. The molecular weight excluding hydrogens is 475 g/mol. The summed E-state index contributed by atoms with van der Waals surface area (Å²) in [5.41, 5.74) is 0.455. The number of tetrazole rings is 1. The Morgan fingerprint density at radius 3 is 2.81 bits per heavy atom. The van der Waals surface area contributed by atoms with Crippen molar-refractivity contribution >= 4 is 52.6 Å². The minimum atomic E-state index is -1.41. The van der Waals surface area contributed by atoms with Gasteiger partial charge in [-0.3, -0.25) is 14.5 Å². The van der Waals surface area contributed by atoms with Gasteiger partial charge in [-0.05, 0) is 29.8 Å². The molecule has 1 unspecified atom stereocenters. The van der Waals surface area contributed by atoms with E-state index in [4.69, 9.17) is 0 Å². The Kier molecular flexibility index (Phi) is 7.75. The molecule has 0 radical (unpaired) electrons. The number of carbonyl (C=O) groups excluding carboxylic acids is 3. The van der Waals surface area contributed by atoms with Crippen molar-refractivity contribution in [1.29, 1.82) is 0 Å². The maximum atomic E-state index is 12.7. The molecule has 31 heavy (non-hydrogen) atoms. The van der Waals surface area contributed by atoms with Crippen LogP contribution in [0.1, 0.15) is 11.9 Å². The Morgan fingerprint density at radius 2 is 2.19 bits per heavy atom. The molecule has 2 aliphatic heterocycles. The molecule has 3 atom stereocenters. The van der Waals surface area contributed by atoms with Gasteiger partial charge in [0.05, 0.1) is 11.7 Å². The van der Waals surface area contributed by atoms with Gasteiger partial charge in [0.1, 0.15) is 29.3 Å². The van der Waals surface area contributed by atoms with Gasteiger partial charge in [-0.15, -0.1) is 27.1 Å². The SMILES string of the molecule is Cc1nnc(SC(C)C2=C(C(=O)[O-])N3C(=O)[C@@H](NC(=O)Cn4cnnn4)[C@@H]3SC2)s1.[Na+]. The van der Waals surface area contributed by atoms with E-state index in [0.29, 0.717) is 11.3 Å². The number of fused-ring (bicyclic) bond motifs is 1. The van der Waals surface area contributed by atoms with E-state index in [1.54, 1.807) is 0 Å². The smallest absolute Gasteiger partial charge is 0.543 e. The van der Waals surface area contributed by atoms with Crippen molar-refractivity contribution in [2.45, 2.75) is 41.4 Å². The number of aliphatic carboxylic acids is 1. The molecule has 2 aromatic rings. The zero-order valence-corrected chi connectivity index (χ0v) is 21.2. The van der Waals surface area contributed by atoms with Gasteiger partial charge in [0.25, 0.3) is 5.91 Å². The average Bonchev–Trinajstić information content (AvgIpc) is 3.36. The van der Waals surface area contributed by atoms with Gasteiger partial charge in [-0.2, -0.15) is 0 Å². The van der Waals surface area contributed by atoms with Crippen LogP contribution in [0.2, 0.25) is 0 Å². The number of aromatic nitrogens is 6. The Morgan fingerprint density at radius 1 is 1.42 bits per heavy atom. The zero-order chi connectivity index (χ0) is 21.4. The molecular formula is C15H15N8NaO4S3. The number of thioether (sulfide) groups is 2. The Hall–Kier alpha value is -1.52. The maximum Gasteiger partial charge on any atom is 1.00 e. The summed E-state index contributed by atoms with van der Waals surface area (Å²) < 4.78 is 1.95. The number of carboxylic acids is 1. The monoisotopic (exact) mass is 490 g/mol. The van der Waals surface area contributed by atoms with Gasteiger partial charge in [-0.1, -0.05) is 23.1 Å². The van der Waals surface area contributed by atoms with E-state index < -0.39 is 29.2 Å². The molecule has 1 fully saturated rings. The van der Waals surface area contributed by atoms with E-state index in [9.17, 15) is 19.5 Å². The number of β-lactam (4-membered cyclic amide) rings is 1. The van der Waals surface area contributed by atoms with Crippen molar-refractivity contribution in [3.05, 3.63) is 22.6 Å². The molecule has 1 N–H and O–H groups in total. The summed E-state index contributed by atoms with van der Waals surface area (Å²) in [5.74, 6) is -1.95. The minimum Gasteiger partial charge on any atom is -0.543 e. The summed E-state index contributed by atoms with van der Waals surface area (Å²) in [7, 11) is 0. The normalized spacial score (nSPS) is 21.1. The van der Waals surface area contributed by atoms with Crippen LogP contribution in [0.5, 0.6) is 0 Å². The number of nitrogens with one attached hydrogen (secondary N) is 1. The third-order valence-corrected chi connectivity index (χ3v) is 7.88. The standard InChI is InChI=1S/C15H16N8O4S3.Na/c1-6(29-15-19-18-7(2)30-15)8-4-28-13-10(12(25)23(13)11(8)14(26)27)17-9(24)3-22-5-16-20-21-22;/h5-6,10,13H,3-4H2,1-2H3,(H,17,24)(H,26,27);/q;+1/p-1/t6?,10-,13+;/m1./s1. The van der Waals surface area contributed by atoms with Crippen molar-refractivity contribution in [2.75, 3.05) is 5.75 Å². The minimum absolute atomic E-state index is 0. The molecule has 4 heterocycles. The average molecular weight is 491 g/mol. The summed E-state index contributed by atoms with van der Waals surface area (Å²) in [5, 5.41) is 33.1. The van der Waals surface area contributed by atoms with Crippen LogP contribution in [0.3, 0.4) is 0 Å². The molecule has 12 nitrogen and oxygen atoms in total. The number of hydrogen-bond donors (Lipinski definition) is 1. The number of carboxylic acid groups (broad SMARTS) is 1. The summed E-state index contributed by atoms with van der Waals surface area (Å²) >= 11 is 4.20. The Balaban J connectivity index is 0.00000272. The molecule has 0 aromatic carbocycles. The van der Waals surface area contributed by atoms with Crippen molar-refractivity contribution in [1.82, 2.24) is 40.6 Å². The summed E-state index contributed by atoms with van der Waals surface area (Å²) in [6, 6.07) is -0.816. The van der Waals surface area contributed by atoms with Crippen molar-refractivity contribution < 1.29 is 49.0 Å². The summed E-state index contributed by atoms with van der Waals surface area (Å²) in [6.07, 6.45) is 1.28. The molecule has 0 saturated carbocycles. The molecule has 0 spiro atoms. The van der Waals surface area contributed by atoms with Gasteiger partial charge in [-0.25, -0.2) is 4.68 Å². The molecule has 2 amide bonds. The number of aryl methyl sites for hydroxylation is 1. The predicted molar refractivity (Wildman–Crippen MR) is 105 cm³/mol. The second-order valence-corrected chi connectivity index (χ2v) is 10.3. The van der Waals surface area contributed by atoms with Crippen molar-refractivity contribution in [2.24, 2.45) is 0 Å². The van der Waals surface area contributed by atoms with Crippen LogP contribution in [0, 0.1) is 6.92 Å². The molecule has 16 heteroatoms. The van der Waals surface area contributed by atoms with Gasteiger partial charge in [0.15, 0.2) is 4.34 Å². The number of carbonyl (C=O) groups is 3. The number of nitrogens with zero attached hydrogens (tertiary/aromatic N) is 7. The van der Waals surface area contributed by atoms with Crippen molar-refractivity contribution in [3.63, 3.8) is 0 Å². The molecule has 2 aliphatic rings. The zero-order valence-electron chi connectivity index (χ0n) is 16.7. The Labute approximate surface area is 210 Å². The summed E-state index contributed by atoms with van der Waals surface area (Å²) in [6.45, 7) is 3.56. The molecule has 4 rings (SSSR count).